The molecule has 4 nitrogen and oxygen atoms in total. The summed E-state index contributed by atoms with van der Waals surface area (Å²) < 4.78 is 10.6. The Morgan fingerprint density at radius 2 is 1.04 bits per heavy atom. The molecule has 0 aliphatic carbocycles. The molecule has 3 aromatic carbocycles. The van der Waals surface area contributed by atoms with Gasteiger partial charge in [0.25, 0.3) is 0 Å². The summed E-state index contributed by atoms with van der Waals surface area (Å²) in [5, 5.41) is 0.581. The molecular formula is C20H12Cl2O4. The smallest absolute Gasteiger partial charge is 0.345 e. The van der Waals surface area contributed by atoms with Gasteiger partial charge in [-0.15, -0.1) is 0 Å². The summed E-state index contributed by atoms with van der Waals surface area (Å²) in [4.78, 5) is 24.4. The van der Waals surface area contributed by atoms with Crippen molar-refractivity contribution in [1.29, 1.82) is 0 Å². The maximum atomic E-state index is 12.2. The van der Waals surface area contributed by atoms with E-state index in [1.807, 2.05) is 0 Å². The van der Waals surface area contributed by atoms with Crippen LogP contribution in [0, 0.1) is 0 Å². The minimum Gasteiger partial charge on any atom is -0.423 e. The zero-order valence-corrected chi connectivity index (χ0v) is 14.8. The van der Waals surface area contributed by atoms with E-state index in [-0.39, 0.29) is 22.6 Å². The first-order chi connectivity index (χ1) is 12.5. The number of ether oxygens (including phenoxy) is 2. The summed E-state index contributed by atoms with van der Waals surface area (Å²) in [5.41, 5.74) is 0.486. The van der Waals surface area contributed by atoms with Crippen molar-refractivity contribution in [3.63, 3.8) is 0 Å². The second-order valence-corrected chi connectivity index (χ2v) is 6.03. The van der Waals surface area contributed by atoms with Crippen LogP contribution in [-0.2, 0) is 0 Å². The zero-order valence-electron chi connectivity index (χ0n) is 13.3. The van der Waals surface area contributed by atoms with Gasteiger partial charge in [-0.1, -0.05) is 53.5 Å². The van der Waals surface area contributed by atoms with Crippen molar-refractivity contribution in [3.05, 3.63) is 94.0 Å². The predicted octanol–water partition coefficient (Wildman–Crippen LogP) is 5.43. The van der Waals surface area contributed by atoms with E-state index < -0.39 is 11.9 Å². The second-order valence-electron chi connectivity index (χ2n) is 5.21. The average molecular weight is 387 g/mol. The van der Waals surface area contributed by atoms with Crippen LogP contribution in [0.4, 0.5) is 0 Å². The van der Waals surface area contributed by atoms with Crippen LogP contribution in [0.3, 0.4) is 0 Å². The van der Waals surface area contributed by atoms with Crippen molar-refractivity contribution < 1.29 is 19.1 Å². The SMILES string of the molecule is O=C(Oc1cccc(OC(=O)c2ccccc2Cl)c1)c1ccccc1Cl. The van der Waals surface area contributed by atoms with Crippen molar-refractivity contribution >= 4 is 35.1 Å². The third-order valence-electron chi connectivity index (χ3n) is 3.41. The molecule has 3 aromatic rings. The first-order valence-electron chi connectivity index (χ1n) is 7.58. The van der Waals surface area contributed by atoms with Gasteiger partial charge >= 0.3 is 11.9 Å². The van der Waals surface area contributed by atoms with Crippen LogP contribution in [0.1, 0.15) is 20.7 Å². The Bertz CT molecular complexity index is 895. The molecule has 0 fully saturated rings. The Balaban J connectivity index is 1.74. The van der Waals surface area contributed by atoms with Gasteiger partial charge in [0, 0.05) is 6.07 Å². The van der Waals surface area contributed by atoms with Gasteiger partial charge in [-0.3, -0.25) is 0 Å². The molecule has 0 N–H and O–H groups in total. The molecular weight excluding hydrogens is 375 g/mol. The second kappa shape index (κ2) is 8.04. The van der Waals surface area contributed by atoms with Gasteiger partial charge in [-0.25, -0.2) is 9.59 Å². The van der Waals surface area contributed by atoms with Crippen molar-refractivity contribution in [3.8, 4) is 11.5 Å². The van der Waals surface area contributed by atoms with Gasteiger partial charge in [-0.2, -0.15) is 0 Å². The van der Waals surface area contributed by atoms with Crippen LogP contribution < -0.4 is 9.47 Å². The van der Waals surface area contributed by atoms with Gasteiger partial charge in [0.2, 0.25) is 0 Å². The average Bonchev–Trinajstić information content (AvgIpc) is 2.62. The molecule has 0 radical (unpaired) electrons. The summed E-state index contributed by atoms with van der Waals surface area (Å²) in [5.74, 6) is -0.769. The molecule has 0 amide bonds. The molecule has 0 saturated heterocycles. The fourth-order valence-electron chi connectivity index (χ4n) is 2.18. The standard InChI is InChI=1S/C20H12Cl2O4/c21-17-10-3-1-8-15(17)19(23)25-13-6-5-7-14(12-13)26-20(24)16-9-2-4-11-18(16)22/h1-12H. The molecule has 0 aliphatic rings. The van der Waals surface area contributed by atoms with Crippen LogP contribution in [0.25, 0.3) is 0 Å². The molecule has 0 spiro atoms. The first kappa shape index (κ1) is 18.0. The van der Waals surface area contributed by atoms with Crippen LogP contribution in [-0.4, -0.2) is 11.9 Å². The maximum Gasteiger partial charge on any atom is 0.345 e. The highest BCUT2D eigenvalue weighted by molar-refractivity contribution is 6.34. The lowest BCUT2D eigenvalue weighted by molar-refractivity contribution is 0.0733. The van der Waals surface area contributed by atoms with E-state index in [9.17, 15) is 9.59 Å². The van der Waals surface area contributed by atoms with Gasteiger partial charge in [0.1, 0.15) is 11.5 Å². The lowest BCUT2D eigenvalue weighted by Gasteiger charge is -2.09. The fraction of sp³-hybridized carbons (Fsp3) is 0. The highest BCUT2D eigenvalue weighted by Gasteiger charge is 2.15. The van der Waals surface area contributed by atoms with E-state index >= 15 is 0 Å². The summed E-state index contributed by atoms with van der Waals surface area (Å²) in [6.07, 6.45) is 0. The van der Waals surface area contributed by atoms with Gasteiger partial charge in [-0.05, 0) is 36.4 Å². The Kier molecular flexibility index (Phi) is 5.56. The molecule has 0 unspecified atom stereocenters. The Morgan fingerprint density at radius 3 is 1.46 bits per heavy atom. The van der Waals surface area contributed by atoms with E-state index in [4.69, 9.17) is 32.7 Å². The topological polar surface area (TPSA) is 52.6 Å². The van der Waals surface area contributed by atoms with Crippen molar-refractivity contribution in [2.75, 3.05) is 0 Å². The first-order valence-corrected chi connectivity index (χ1v) is 8.33. The quantitative estimate of drug-likeness (QED) is 0.442. The fourth-order valence-corrected chi connectivity index (χ4v) is 2.60. The zero-order chi connectivity index (χ0) is 18.5. The maximum absolute atomic E-state index is 12.2. The number of carbonyl (C=O) groups is 2. The molecule has 6 heteroatoms. The van der Waals surface area contributed by atoms with Crippen LogP contribution >= 0.6 is 23.2 Å². The van der Waals surface area contributed by atoms with Crippen molar-refractivity contribution in [2.45, 2.75) is 0 Å². The van der Waals surface area contributed by atoms with Crippen LogP contribution in [0.2, 0.25) is 10.0 Å². The molecule has 0 bridgehead atoms. The summed E-state index contributed by atoms with van der Waals surface area (Å²) in [6.45, 7) is 0. The number of rotatable bonds is 4. The van der Waals surface area contributed by atoms with Gasteiger partial charge in [0.15, 0.2) is 0 Å². The van der Waals surface area contributed by atoms with Crippen LogP contribution in [0.5, 0.6) is 11.5 Å². The molecule has 0 aromatic heterocycles. The largest absolute Gasteiger partial charge is 0.423 e. The molecule has 130 valence electrons. The van der Waals surface area contributed by atoms with Gasteiger partial charge in [0.05, 0.1) is 21.2 Å². The third kappa shape index (κ3) is 4.23. The van der Waals surface area contributed by atoms with E-state index in [2.05, 4.69) is 0 Å². The Labute approximate surface area is 159 Å². The minimum absolute atomic E-state index is 0.222. The van der Waals surface area contributed by atoms with E-state index in [0.29, 0.717) is 10.0 Å². The lowest BCUT2D eigenvalue weighted by atomic mass is 10.2. The molecule has 0 aliphatic heterocycles. The molecule has 0 atom stereocenters. The summed E-state index contributed by atoms with van der Waals surface area (Å²) in [7, 11) is 0. The van der Waals surface area contributed by atoms with Crippen molar-refractivity contribution in [1.82, 2.24) is 0 Å². The number of halogens is 2. The third-order valence-corrected chi connectivity index (χ3v) is 4.07. The van der Waals surface area contributed by atoms with E-state index in [0.717, 1.165) is 0 Å². The number of carbonyl (C=O) groups excluding carboxylic acids is 2. The predicted molar refractivity (Wildman–Crippen MR) is 99.3 cm³/mol. The lowest BCUT2D eigenvalue weighted by Crippen LogP contribution is -2.10. The molecule has 0 heterocycles. The number of hydrogen-bond donors (Lipinski definition) is 0. The van der Waals surface area contributed by atoms with E-state index in [1.165, 1.54) is 6.07 Å². The molecule has 0 saturated carbocycles. The van der Waals surface area contributed by atoms with Crippen molar-refractivity contribution in [2.24, 2.45) is 0 Å². The van der Waals surface area contributed by atoms with Gasteiger partial charge < -0.3 is 9.47 Å². The number of esters is 2. The normalized spacial score (nSPS) is 10.2. The number of hydrogen-bond acceptors (Lipinski definition) is 4. The Morgan fingerprint density at radius 1 is 0.615 bits per heavy atom. The monoisotopic (exact) mass is 386 g/mol. The summed E-state index contributed by atoms with van der Waals surface area (Å²) in [6, 6.07) is 19.3. The Hall–Kier alpha value is -2.82. The molecule has 26 heavy (non-hydrogen) atoms. The molecule has 3 rings (SSSR count). The highest BCUT2D eigenvalue weighted by atomic mass is 35.5. The van der Waals surface area contributed by atoms with E-state index in [1.54, 1.807) is 66.7 Å². The summed E-state index contributed by atoms with van der Waals surface area (Å²) >= 11 is 12.0. The van der Waals surface area contributed by atoms with Crippen LogP contribution in [0.15, 0.2) is 72.8 Å². The minimum atomic E-state index is -0.606. The number of benzene rings is 3. The highest BCUT2D eigenvalue weighted by Crippen LogP contribution is 2.24.